The van der Waals surface area contributed by atoms with Crippen LogP contribution in [0, 0.1) is 22.6 Å². The first kappa shape index (κ1) is 46.3. The Kier molecular flexibility index (Phi) is 15.7. The number of esters is 1. The molecule has 0 saturated carbocycles. The van der Waals surface area contributed by atoms with Crippen LogP contribution in [-0.4, -0.2) is 176 Å². The van der Waals surface area contributed by atoms with Crippen molar-refractivity contribution in [2.24, 2.45) is 5.92 Å². The minimum Gasteiger partial charge on any atom is -0.467 e. The van der Waals surface area contributed by atoms with E-state index in [1.165, 1.54) is 56.4 Å². The lowest BCUT2D eigenvalue weighted by molar-refractivity contribution is -0.387. The summed E-state index contributed by atoms with van der Waals surface area (Å²) < 4.78 is 40.5. The summed E-state index contributed by atoms with van der Waals surface area (Å²) >= 11 is 5.49. The van der Waals surface area contributed by atoms with Crippen LogP contribution in [0.2, 0.25) is 0 Å². The number of fused-ring (bicyclic) bond motifs is 1. The molecule has 2 aliphatic rings. The summed E-state index contributed by atoms with van der Waals surface area (Å²) in [7, 11) is 10.6. The second kappa shape index (κ2) is 20.7. The molecule has 2 fully saturated rings. The average Bonchev–Trinajstić information content (AvgIpc) is 3.70. The number of benzene rings is 1. The van der Waals surface area contributed by atoms with Crippen molar-refractivity contribution >= 4 is 57.8 Å². The molecule has 1 aromatic carbocycles. The van der Waals surface area contributed by atoms with Crippen molar-refractivity contribution in [3.63, 3.8) is 0 Å². The van der Waals surface area contributed by atoms with Crippen LogP contribution >= 0.6 is 12.2 Å². The summed E-state index contributed by atoms with van der Waals surface area (Å²) in [5, 5.41) is 12.9. The Bertz CT molecular complexity index is 2120. The Hall–Kier alpha value is -5.73. The van der Waals surface area contributed by atoms with Crippen LogP contribution in [-0.2, 0) is 44.6 Å². The quantitative estimate of drug-likeness (QED) is 0.0707. The molecule has 0 unspecified atom stereocenters. The largest absolute Gasteiger partial charge is 0.467 e. The van der Waals surface area contributed by atoms with Gasteiger partial charge in [-0.2, -0.15) is 0 Å². The van der Waals surface area contributed by atoms with Crippen molar-refractivity contribution < 1.29 is 52.5 Å². The molecule has 0 N–H and O–H groups in total. The summed E-state index contributed by atoms with van der Waals surface area (Å²) in [5.41, 5.74) is 0.425. The number of methoxy groups -OCH3 is 4. The molecule has 2 saturated heterocycles. The van der Waals surface area contributed by atoms with E-state index in [0.29, 0.717) is 42.0 Å². The number of hydrogen-bond donors (Lipinski definition) is 0. The zero-order chi connectivity index (χ0) is 44.5. The molecule has 2 aliphatic heterocycles. The molecule has 330 valence electrons. The minimum atomic E-state index is -1.32. The van der Waals surface area contributed by atoms with Crippen molar-refractivity contribution in [1.29, 1.82) is 0 Å². The molecule has 3 aromatic rings. The van der Waals surface area contributed by atoms with Crippen LogP contribution in [0.25, 0.3) is 15.9 Å². The summed E-state index contributed by atoms with van der Waals surface area (Å²) in [6.07, 6.45) is -1.48. The number of nitro groups is 1. The Labute approximate surface area is 358 Å². The summed E-state index contributed by atoms with van der Waals surface area (Å²) in [4.78, 5) is 69.4. The van der Waals surface area contributed by atoms with Gasteiger partial charge in [-0.1, -0.05) is 13.0 Å². The molecular weight excluding hydrogens is 819 g/mol. The first-order valence-corrected chi connectivity index (χ1v) is 19.6. The van der Waals surface area contributed by atoms with E-state index in [0.717, 1.165) is 6.42 Å². The highest BCUT2D eigenvalue weighted by Crippen LogP contribution is 2.35. The summed E-state index contributed by atoms with van der Waals surface area (Å²) in [6.45, 7) is 10.5. The van der Waals surface area contributed by atoms with Crippen LogP contribution < -0.4 is 9.64 Å². The third-order valence-corrected chi connectivity index (χ3v) is 11.4. The van der Waals surface area contributed by atoms with E-state index in [-0.39, 0.29) is 54.5 Å². The standard InChI is InChI=1S/C39H51N9O12S/c1-23-12-14-46(29(49)19-40-2)20-27(23)45(5)34-25-13-15-47(35(25)42-22-41-34)38(51)43(3)16-17-44(4)39(61)58-21-24-10-11-28(26(18-24)48(52)53)59-37-33(56-8)31(55-7)30(54-6)32(60-37)36(50)57-9/h10-11,13,15,18,22-23,27,30-33,37H,12,14,16-17,19-21H2,1,3-9H3/t23-,27+,30+,31+,32+,33-,37-/m1/s1. The molecular formula is C39H51N9O12S. The number of nitrogens with zero attached hydrogens (tertiary/aromatic N) is 9. The molecule has 2 amide bonds. The zero-order valence-electron chi connectivity index (χ0n) is 35.3. The minimum absolute atomic E-state index is 0.0578. The van der Waals surface area contributed by atoms with Gasteiger partial charge in [0.2, 0.25) is 6.29 Å². The Morgan fingerprint density at radius 2 is 1.74 bits per heavy atom. The zero-order valence-corrected chi connectivity index (χ0v) is 36.1. The van der Waals surface area contributed by atoms with Gasteiger partial charge in [-0.05, 0) is 42.3 Å². The second-order valence-corrected chi connectivity index (χ2v) is 15.0. The molecule has 7 atom stereocenters. The van der Waals surface area contributed by atoms with E-state index in [9.17, 15) is 24.5 Å². The number of ether oxygens (including phenoxy) is 7. The van der Waals surface area contributed by atoms with E-state index in [4.69, 9.17) is 51.9 Å². The predicted octanol–water partition coefficient (Wildman–Crippen LogP) is 2.59. The van der Waals surface area contributed by atoms with Gasteiger partial charge < -0.3 is 57.6 Å². The van der Waals surface area contributed by atoms with Crippen molar-refractivity contribution in [1.82, 2.24) is 29.2 Å². The maximum absolute atomic E-state index is 13.7. The van der Waals surface area contributed by atoms with E-state index in [1.807, 2.05) is 11.9 Å². The van der Waals surface area contributed by atoms with Gasteiger partial charge in [0.15, 0.2) is 17.5 Å². The van der Waals surface area contributed by atoms with Crippen molar-refractivity contribution in [3.8, 4) is 5.75 Å². The number of aromatic nitrogens is 3. The Balaban J connectivity index is 1.19. The second-order valence-electron chi connectivity index (χ2n) is 14.6. The molecule has 5 rings (SSSR count). The highest BCUT2D eigenvalue weighted by atomic mass is 32.1. The number of likely N-dealkylation sites (N-methyl/N-ethyl adjacent to an activating group) is 3. The molecule has 4 heterocycles. The van der Waals surface area contributed by atoms with Gasteiger partial charge in [-0.15, -0.1) is 0 Å². The molecule has 0 radical (unpaired) electrons. The molecule has 2 aromatic heterocycles. The molecule has 22 heteroatoms. The van der Waals surface area contributed by atoms with Gasteiger partial charge in [0, 0.05) is 80.9 Å². The first-order valence-electron chi connectivity index (χ1n) is 19.2. The van der Waals surface area contributed by atoms with Gasteiger partial charge in [0.1, 0.15) is 37.1 Å². The Morgan fingerprint density at radius 3 is 2.39 bits per heavy atom. The van der Waals surface area contributed by atoms with Crippen LogP contribution in [0.4, 0.5) is 16.3 Å². The third-order valence-electron chi connectivity index (χ3n) is 11.0. The van der Waals surface area contributed by atoms with E-state index in [2.05, 4.69) is 21.7 Å². The van der Waals surface area contributed by atoms with Crippen LogP contribution in [0.15, 0.2) is 36.8 Å². The fourth-order valence-electron chi connectivity index (χ4n) is 7.41. The maximum atomic E-state index is 13.7. The van der Waals surface area contributed by atoms with Gasteiger partial charge in [0.25, 0.3) is 11.7 Å². The van der Waals surface area contributed by atoms with Crippen molar-refractivity contribution in [2.45, 2.75) is 56.7 Å². The van der Waals surface area contributed by atoms with Crippen LogP contribution in [0.3, 0.4) is 0 Å². The van der Waals surface area contributed by atoms with Gasteiger partial charge in [-0.3, -0.25) is 19.5 Å². The average molecular weight is 870 g/mol. The van der Waals surface area contributed by atoms with E-state index in [1.54, 1.807) is 42.2 Å². The molecule has 21 nitrogen and oxygen atoms in total. The van der Waals surface area contributed by atoms with E-state index < -0.39 is 47.3 Å². The molecule has 0 aliphatic carbocycles. The fourth-order valence-corrected chi connectivity index (χ4v) is 7.56. The number of rotatable bonds is 15. The summed E-state index contributed by atoms with van der Waals surface area (Å²) in [6, 6.07) is 5.60. The lowest BCUT2D eigenvalue weighted by Crippen LogP contribution is -2.63. The van der Waals surface area contributed by atoms with Gasteiger partial charge in [-0.25, -0.2) is 26.1 Å². The number of amides is 2. The lowest BCUT2D eigenvalue weighted by Gasteiger charge is -2.43. The normalized spacial score (nSPS) is 22.5. The number of likely N-dealkylation sites (tertiary alicyclic amines) is 1. The predicted molar refractivity (Wildman–Crippen MR) is 222 cm³/mol. The van der Waals surface area contributed by atoms with Crippen LogP contribution in [0.1, 0.15) is 18.9 Å². The third kappa shape index (κ3) is 10.3. The monoisotopic (exact) mass is 869 g/mol. The van der Waals surface area contributed by atoms with Crippen LogP contribution in [0.5, 0.6) is 5.75 Å². The SMILES string of the molecule is [C-]#[N+]CC(=O)N1CC[C@@H](C)[C@@H](N(C)c2ncnc3c2ccn3C(=O)N(C)CCN(C)C(=S)OCc2ccc(O[C@@H]3O[C@H](C(=O)OC)[C@@H](OC)[C@H](OC)[C@H]3OC)c([N+](=O)[O-])c2)C1. The van der Waals surface area contributed by atoms with E-state index >= 15 is 0 Å². The molecule has 0 bridgehead atoms. The van der Waals surface area contributed by atoms with Gasteiger partial charge in [0.05, 0.1) is 23.5 Å². The number of thiocarbonyl (C=S) groups is 1. The summed E-state index contributed by atoms with van der Waals surface area (Å²) in [5.74, 6) is -0.236. The number of carbonyl (C=O) groups excluding carboxylic acids is 3. The fraction of sp³-hybridized carbons (Fsp3) is 0.564. The van der Waals surface area contributed by atoms with Gasteiger partial charge >= 0.3 is 23.6 Å². The highest BCUT2D eigenvalue weighted by Gasteiger charge is 2.52. The maximum Gasteiger partial charge on any atom is 0.338 e. The molecule has 61 heavy (non-hydrogen) atoms. The number of nitro benzene ring substituents is 1. The number of piperidine rings is 1. The lowest BCUT2D eigenvalue weighted by atomic mass is 9.92. The number of hydrogen-bond acceptors (Lipinski definition) is 16. The van der Waals surface area contributed by atoms with Crippen molar-refractivity contribution in [3.05, 3.63) is 63.9 Å². The smallest absolute Gasteiger partial charge is 0.338 e. The highest BCUT2D eigenvalue weighted by molar-refractivity contribution is 7.80. The Morgan fingerprint density at radius 1 is 1.03 bits per heavy atom. The number of anilines is 1. The first-order chi connectivity index (χ1) is 29.2. The topological polar surface area (TPSA) is 207 Å². The van der Waals surface area contributed by atoms with Crippen molar-refractivity contribution in [2.75, 3.05) is 87.2 Å². The molecule has 0 spiro atoms. The number of carbonyl (C=O) groups is 3.